The Hall–Kier alpha value is -1.61. The number of nitrogens with one attached hydrogen (secondary N) is 2. The van der Waals surface area contributed by atoms with Crippen molar-refractivity contribution in [2.45, 2.75) is 24.7 Å². The molecule has 2 heterocycles. The van der Waals surface area contributed by atoms with Crippen LogP contribution in [0.2, 0.25) is 0 Å². The average Bonchev–Trinajstić information content (AvgIpc) is 2.40. The lowest BCUT2D eigenvalue weighted by Crippen LogP contribution is -2.47. The van der Waals surface area contributed by atoms with Crippen molar-refractivity contribution in [3.63, 3.8) is 0 Å². The molecular formula is C12H18F3N5O. The molecule has 0 spiro atoms. The van der Waals surface area contributed by atoms with Crippen LogP contribution in [0.4, 0.5) is 24.9 Å². The van der Waals surface area contributed by atoms with Crippen molar-refractivity contribution in [2.75, 3.05) is 37.4 Å². The summed E-state index contributed by atoms with van der Waals surface area (Å²) in [6.07, 6.45) is -4.62. The second kappa shape index (κ2) is 6.02. The number of hydrogen-bond acceptors (Lipinski definition) is 6. The molecule has 21 heavy (non-hydrogen) atoms. The minimum absolute atomic E-state index is 0.0317. The van der Waals surface area contributed by atoms with Crippen molar-refractivity contribution in [1.29, 1.82) is 0 Å². The molecular weight excluding hydrogens is 287 g/mol. The minimum Gasteiger partial charge on any atom is -0.390 e. The SMILES string of the molecule is CN(C)c1nc(N[C@@H]2CCNC[C@H]2O)cc(C(F)(F)F)n1. The molecule has 1 aliphatic rings. The largest absolute Gasteiger partial charge is 0.433 e. The normalized spacial score (nSPS) is 23.0. The predicted molar refractivity (Wildman–Crippen MR) is 72.3 cm³/mol. The highest BCUT2D eigenvalue weighted by molar-refractivity contribution is 5.44. The maximum atomic E-state index is 12.9. The first-order valence-electron chi connectivity index (χ1n) is 6.56. The van der Waals surface area contributed by atoms with Crippen molar-refractivity contribution in [3.8, 4) is 0 Å². The highest BCUT2D eigenvalue weighted by Gasteiger charge is 2.34. The minimum atomic E-state index is -4.54. The van der Waals surface area contributed by atoms with E-state index in [4.69, 9.17) is 0 Å². The average molecular weight is 305 g/mol. The van der Waals surface area contributed by atoms with E-state index in [0.29, 0.717) is 19.5 Å². The Balaban J connectivity index is 2.27. The number of β-amino-alcohol motifs (C(OH)–C–C–N with tert-alkyl or cyclic N) is 1. The molecule has 9 heteroatoms. The van der Waals surface area contributed by atoms with Crippen LogP contribution in [0, 0.1) is 0 Å². The molecule has 118 valence electrons. The summed E-state index contributed by atoms with van der Waals surface area (Å²) >= 11 is 0. The van der Waals surface area contributed by atoms with Gasteiger partial charge < -0.3 is 20.6 Å². The van der Waals surface area contributed by atoms with E-state index in [2.05, 4.69) is 20.6 Å². The van der Waals surface area contributed by atoms with Crippen LogP contribution in [-0.2, 0) is 6.18 Å². The zero-order valence-corrected chi connectivity index (χ0v) is 11.8. The van der Waals surface area contributed by atoms with Crippen LogP contribution >= 0.6 is 0 Å². The molecule has 1 fully saturated rings. The van der Waals surface area contributed by atoms with Crippen LogP contribution in [0.3, 0.4) is 0 Å². The van der Waals surface area contributed by atoms with Crippen LogP contribution in [0.25, 0.3) is 0 Å². The predicted octanol–water partition coefficient (Wildman–Crippen LogP) is 0.696. The van der Waals surface area contributed by atoms with Crippen LogP contribution in [0.15, 0.2) is 6.07 Å². The van der Waals surface area contributed by atoms with E-state index in [-0.39, 0.29) is 17.8 Å². The summed E-state index contributed by atoms with van der Waals surface area (Å²) in [7, 11) is 3.14. The highest BCUT2D eigenvalue weighted by atomic mass is 19.4. The highest BCUT2D eigenvalue weighted by Crippen LogP contribution is 2.30. The van der Waals surface area contributed by atoms with Gasteiger partial charge in [0, 0.05) is 26.7 Å². The molecule has 2 atom stereocenters. The van der Waals surface area contributed by atoms with Gasteiger partial charge in [0.15, 0.2) is 5.69 Å². The van der Waals surface area contributed by atoms with Gasteiger partial charge in [-0.1, -0.05) is 0 Å². The summed E-state index contributed by atoms with van der Waals surface area (Å²) in [5.74, 6) is 0.0303. The molecule has 1 aliphatic heterocycles. The van der Waals surface area contributed by atoms with Gasteiger partial charge in [-0.25, -0.2) is 4.98 Å². The Labute approximate surface area is 120 Å². The summed E-state index contributed by atoms with van der Waals surface area (Å²) in [4.78, 5) is 8.94. The van der Waals surface area contributed by atoms with Crippen molar-refractivity contribution >= 4 is 11.8 Å². The molecule has 0 bridgehead atoms. The molecule has 0 aromatic carbocycles. The molecule has 1 aromatic heterocycles. The lowest BCUT2D eigenvalue weighted by atomic mass is 10.0. The number of piperidine rings is 1. The third-order valence-corrected chi connectivity index (χ3v) is 3.19. The van der Waals surface area contributed by atoms with E-state index in [1.165, 1.54) is 4.90 Å². The Bertz CT molecular complexity index is 494. The summed E-state index contributed by atoms with van der Waals surface area (Å²) < 4.78 is 38.6. The van der Waals surface area contributed by atoms with Gasteiger partial charge in [-0.15, -0.1) is 0 Å². The number of halogens is 3. The lowest BCUT2D eigenvalue weighted by Gasteiger charge is -2.29. The standard InChI is InChI=1S/C12H18F3N5O/c1-20(2)11-18-9(12(13,14)15)5-10(19-11)17-7-3-4-16-6-8(7)21/h5,7-8,16,21H,3-4,6H2,1-2H3,(H,17,18,19)/t7-,8-/m1/s1. The Morgan fingerprint density at radius 1 is 1.38 bits per heavy atom. The van der Waals surface area contributed by atoms with Crippen LogP contribution in [-0.4, -0.2) is 54.4 Å². The first-order chi connectivity index (χ1) is 9.77. The van der Waals surface area contributed by atoms with Crippen molar-refractivity contribution in [2.24, 2.45) is 0 Å². The van der Waals surface area contributed by atoms with Crippen molar-refractivity contribution in [3.05, 3.63) is 11.8 Å². The van der Waals surface area contributed by atoms with Gasteiger partial charge in [0.25, 0.3) is 0 Å². The molecule has 2 rings (SSSR count). The third-order valence-electron chi connectivity index (χ3n) is 3.19. The number of aliphatic hydroxyl groups is 1. The summed E-state index contributed by atoms with van der Waals surface area (Å²) in [5.41, 5.74) is -1.01. The molecule has 0 saturated carbocycles. The first-order valence-corrected chi connectivity index (χ1v) is 6.56. The third kappa shape index (κ3) is 3.94. The number of nitrogens with zero attached hydrogens (tertiary/aromatic N) is 3. The number of anilines is 2. The van der Waals surface area contributed by atoms with Gasteiger partial charge in [-0.3, -0.25) is 0 Å². The molecule has 0 radical (unpaired) electrons. The number of aliphatic hydroxyl groups excluding tert-OH is 1. The second-order valence-electron chi connectivity index (χ2n) is 5.14. The topological polar surface area (TPSA) is 73.3 Å². The molecule has 6 nitrogen and oxygen atoms in total. The number of hydrogen-bond donors (Lipinski definition) is 3. The van der Waals surface area contributed by atoms with Gasteiger partial charge in [0.05, 0.1) is 12.1 Å². The maximum Gasteiger partial charge on any atom is 0.433 e. The number of rotatable bonds is 3. The second-order valence-corrected chi connectivity index (χ2v) is 5.14. The molecule has 3 N–H and O–H groups in total. The van der Waals surface area contributed by atoms with Gasteiger partial charge in [-0.2, -0.15) is 18.2 Å². The maximum absolute atomic E-state index is 12.9. The fourth-order valence-corrected chi connectivity index (χ4v) is 2.05. The van der Waals surface area contributed by atoms with Crippen molar-refractivity contribution in [1.82, 2.24) is 15.3 Å². The molecule has 0 aliphatic carbocycles. The molecule has 1 saturated heterocycles. The molecule has 1 aromatic rings. The van der Waals surface area contributed by atoms with E-state index in [9.17, 15) is 18.3 Å². The summed E-state index contributed by atoms with van der Waals surface area (Å²) in [6, 6.07) is 0.527. The van der Waals surface area contributed by atoms with Gasteiger partial charge in [-0.05, 0) is 13.0 Å². The zero-order valence-electron chi connectivity index (χ0n) is 11.8. The fraction of sp³-hybridized carbons (Fsp3) is 0.667. The molecule has 0 amide bonds. The van der Waals surface area contributed by atoms with E-state index < -0.39 is 18.0 Å². The van der Waals surface area contributed by atoms with E-state index in [1.54, 1.807) is 14.1 Å². The Kier molecular flexibility index (Phi) is 4.52. The first kappa shape index (κ1) is 15.8. The summed E-state index contributed by atoms with van der Waals surface area (Å²) in [6.45, 7) is 1.09. The number of aromatic nitrogens is 2. The quantitative estimate of drug-likeness (QED) is 0.763. The fourth-order valence-electron chi connectivity index (χ4n) is 2.05. The van der Waals surface area contributed by atoms with Gasteiger partial charge >= 0.3 is 6.18 Å². The van der Waals surface area contributed by atoms with Crippen LogP contribution in [0.5, 0.6) is 0 Å². The smallest absolute Gasteiger partial charge is 0.390 e. The van der Waals surface area contributed by atoms with E-state index >= 15 is 0 Å². The van der Waals surface area contributed by atoms with E-state index in [0.717, 1.165) is 6.07 Å². The molecule has 0 unspecified atom stereocenters. The Morgan fingerprint density at radius 3 is 2.67 bits per heavy atom. The monoisotopic (exact) mass is 305 g/mol. The lowest BCUT2D eigenvalue weighted by molar-refractivity contribution is -0.141. The van der Waals surface area contributed by atoms with Gasteiger partial charge in [0.1, 0.15) is 5.82 Å². The van der Waals surface area contributed by atoms with Crippen LogP contribution < -0.4 is 15.5 Å². The van der Waals surface area contributed by atoms with Gasteiger partial charge in [0.2, 0.25) is 5.95 Å². The van der Waals surface area contributed by atoms with Crippen molar-refractivity contribution < 1.29 is 18.3 Å². The Morgan fingerprint density at radius 2 is 2.10 bits per heavy atom. The zero-order chi connectivity index (χ0) is 15.6. The van der Waals surface area contributed by atoms with E-state index in [1.807, 2.05) is 0 Å². The summed E-state index contributed by atoms with van der Waals surface area (Å²) in [5, 5.41) is 15.7. The van der Waals surface area contributed by atoms with Crippen LogP contribution in [0.1, 0.15) is 12.1 Å². The number of alkyl halides is 3.